The Bertz CT molecular complexity index is 1760. The van der Waals surface area contributed by atoms with Gasteiger partial charge >= 0.3 is 0 Å². The van der Waals surface area contributed by atoms with Crippen LogP contribution in [0.15, 0.2) is 94.8 Å². The summed E-state index contributed by atoms with van der Waals surface area (Å²) in [6, 6.07) is 26.4. The van der Waals surface area contributed by atoms with Gasteiger partial charge in [-0.2, -0.15) is 9.78 Å². The van der Waals surface area contributed by atoms with Crippen molar-refractivity contribution in [1.29, 1.82) is 0 Å². The summed E-state index contributed by atoms with van der Waals surface area (Å²) in [6.07, 6.45) is 1.64. The molecule has 4 aromatic carbocycles. The van der Waals surface area contributed by atoms with E-state index >= 15 is 0 Å². The van der Waals surface area contributed by atoms with Crippen LogP contribution in [0, 0.1) is 6.92 Å². The molecule has 0 saturated carbocycles. The second kappa shape index (κ2) is 11.8. The molecule has 0 aliphatic carbocycles. The van der Waals surface area contributed by atoms with Crippen molar-refractivity contribution in [1.82, 2.24) is 9.66 Å². The third kappa shape index (κ3) is 5.63. The van der Waals surface area contributed by atoms with E-state index in [1.54, 1.807) is 19.4 Å². The Morgan fingerprint density at radius 2 is 1.70 bits per heavy atom. The highest BCUT2D eigenvalue weighted by molar-refractivity contribution is 6.30. The van der Waals surface area contributed by atoms with Crippen molar-refractivity contribution in [2.24, 2.45) is 5.10 Å². The molecule has 5 rings (SSSR count). The minimum Gasteiger partial charge on any atom is -0.496 e. The Morgan fingerprint density at radius 1 is 0.975 bits per heavy atom. The Morgan fingerprint density at radius 3 is 2.45 bits per heavy atom. The van der Waals surface area contributed by atoms with Gasteiger partial charge in [0.15, 0.2) is 5.82 Å². The molecule has 0 spiro atoms. The van der Waals surface area contributed by atoms with E-state index in [-0.39, 0.29) is 11.5 Å². The van der Waals surface area contributed by atoms with Crippen molar-refractivity contribution in [3.05, 3.63) is 123 Å². The Hall–Kier alpha value is -4.42. The Kier molecular flexibility index (Phi) is 7.99. The monoisotopic (exact) mass is 551 g/mol. The zero-order valence-corrected chi connectivity index (χ0v) is 23.6. The summed E-state index contributed by atoms with van der Waals surface area (Å²) in [7, 11) is 1.67. The standard InChI is InChI=1S/C33H30ClN3O3/c1-21(2)27-18-28(22(3)17-31(27)39-4)32-36-29-11-7-6-10-26(29)33(38)37(32)35-19-24-9-5-8-12-30(24)40-20-23-13-15-25(34)16-14-23/h5-19,21H,20H2,1-4H3. The molecular formula is C33H30ClN3O3. The fourth-order valence-corrected chi connectivity index (χ4v) is 4.68. The predicted molar refractivity (Wildman–Crippen MR) is 162 cm³/mol. The van der Waals surface area contributed by atoms with E-state index in [1.165, 1.54) is 4.68 Å². The van der Waals surface area contributed by atoms with Crippen molar-refractivity contribution in [3.8, 4) is 22.9 Å². The smallest absolute Gasteiger partial charge is 0.282 e. The van der Waals surface area contributed by atoms with Gasteiger partial charge in [-0.05, 0) is 78.1 Å². The number of ether oxygens (including phenoxy) is 2. The van der Waals surface area contributed by atoms with Crippen molar-refractivity contribution in [2.75, 3.05) is 7.11 Å². The van der Waals surface area contributed by atoms with Crippen molar-refractivity contribution in [3.63, 3.8) is 0 Å². The molecule has 6 nitrogen and oxygen atoms in total. The molecule has 7 heteroatoms. The maximum atomic E-state index is 13.8. The molecule has 0 fully saturated rings. The maximum absolute atomic E-state index is 13.8. The third-order valence-corrected chi connectivity index (χ3v) is 6.98. The lowest BCUT2D eigenvalue weighted by Crippen LogP contribution is -2.21. The molecule has 0 radical (unpaired) electrons. The van der Waals surface area contributed by atoms with Crippen molar-refractivity contribution >= 4 is 28.7 Å². The zero-order valence-electron chi connectivity index (χ0n) is 22.9. The average molecular weight is 552 g/mol. The second-order valence-corrected chi connectivity index (χ2v) is 10.3. The molecule has 0 unspecified atom stereocenters. The Labute approximate surface area is 238 Å². The lowest BCUT2D eigenvalue weighted by atomic mass is 9.96. The lowest BCUT2D eigenvalue weighted by Gasteiger charge is -2.17. The average Bonchev–Trinajstić information content (AvgIpc) is 2.96. The zero-order chi connectivity index (χ0) is 28.2. The molecule has 0 atom stereocenters. The molecule has 0 N–H and O–H groups in total. The number of hydrogen-bond acceptors (Lipinski definition) is 5. The van der Waals surface area contributed by atoms with Gasteiger partial charge in [-0.15, -0.1) is 0 Å². The number of benzene rings is 4. The first-order valence-electron chi connectivity index (χ1n) is 13.1. The summed E-state index contributed by atoms with van der Waals surface area (Å²) in [5, 5.41) is 5.84. The van der Waals surface area contributed by atoms with Crippen LogP contribution in [0.4, 0.5) is 0 Å². The SMILES string of the molecule is COc1cc(C)c(-c2nc3ccccc3c(=O)n2N=Cc2ccccc2OCc2ccc(Cl)cc2)cc1C(C)C. The molecule has 0 aliphatic heterocycles. The van der Waals surface area contributed by atoms with Crippen LogP contribution >= 0.6 is 11.6 Å². The van der Waals surface area contributed by atoms with Gasteiger partial charge in [0.2, 0.25) is 0 Å². The van der Waals surface area contributed by atoms with Crippen LogP contribution in [0.25, 0.3) is 22.3 Å². The number of rotatable bonds is 8. The van der Waals surface area contributed by atoms with Crippen molar-refractivity contribution < 1.29 is 9.47 Å². The normalized spacial score (nSPS) is 11.4. The molecule has 1 heterocycles. The molecule has 5 aromatic rings. The van der Waals surface area contributed by atoms with E-state index in [0.717, 1.165) is 33.6 Å². The highest BCUT2D eigenvalue weighted by Crippen LogP contribution is 2.34. The first-order valence-corrected chi connectivity index (χ1v) is 13.4. The summed E-state index contributed by atoms with van der Waals surface area (Å²) in [5.41, 5.74) is 4.86. The molecule has 1 aromatic heterocycles. The van der Waals surface area contributed by atoms with E-state index < -0.39 is 0 Å². The third-order valence-electron chi connectivity index (χ3n) is 6.73. The summed E-state index contributed by atoms with van der Waals surface area (Å²) < 4.78 is 13.1. The van der Waals surface area contributed by atoms with Crippen LogP contribution in [-0.2, 0) is 6.61 Å². The van der Waals surface area contributed by atoms with Gasteiger partial charge in [0.1, 0.15) is 18.1 Å². The van der Waals surface area contributed by atoms with Crippen molar-refractivity contribution in [2.45, 2.75) is 33.3 Å². The van der Waals surface area contributed by atoms with Crippen LogP contribution in [0.2, 0.25) is 5.02 Å². The van der Waals surface area contributed by atoms with Crippen LogP contribution in [0.5, 0.6) is 11.5 Å². The van der Waals surface area contributed by atoms with Gasteiger partial charge in [0.05, 0.1) is 24.2 Å². The van der Waals surface area contributed by atoms with E-state index in [4.69, 9.17) is 26.1 Å². The quantitative estimate of drug-likeness (QED) is 0.186. The van der Waals surface area contributed by atoms with Gasteiger partial charge < -0.3 is 9.47 Å². The number of halogens is 1. The van der Waals surface area contributed by atoms with Gasteiger partial charge in [0, 0.05) is 16.1 Å². The number of methoxy groups -OCH3 is 1. The van der Waals surface area contributed by atoms with Gasteiger partial charge in [0.25, 0.3) is 5.56 Å². The number of para-hydroxylation sites is 2. The molecule has 0 saturated heterocycles. The van der Waals surface area contributed by atoms with E-state index in [2.05, 4.69) is 18.9 Å². The van der Waals surface area contributed by atoms with Crippen LogP contribution in [-0.4, -0.2) is 23.0 Å². The molecule has 0 amide bonds. The topological polar surface area (TPSA) is 65.7 Å². The fraction of sp³-hybridized carbons (Fsp3) is 0.182. The van der Waals surface area contributed by atoms with E-state index in [1.807, 2.05) is 85.8 Å². The van der Waals surface area contributed by atoms with Gasteiger partial charge in [-0.3, -0.25) is 4.79 Å². The number of aromatic nitrogens is 2. The molecule has 0 bridgehead atoms. The second-order valence-electron chi connectivity index (χ2n) is 9.83. The largest absolute Gasteiger partial charge is 0.496 e. The predicted octanol–water partition coefficient (Wildman–Crippen LogP) is 7.62. The van der Waals surface area contributed by atoms with Crippen LogP contribution < -0.4 is 15.0 Å². The minimum absolute atomic E-state index is 0.211. The Balaban J connectivity index is 1.61. The highest BCUT2D eigenvalue weighted by Gasteiger charge is 2.18. The molecule has 40 heavy (non-hydrogen) atoms. The van der Waals surface area contributed by atoms with Crippen LogP contribution in [0.3, 0.4) is 0 Å². The number of nitrogens with zero attached hydrogens (tertiary/aromatic N) is 3. The van der Waals surface area contributed by atoms with E-state index in [9.17, 15) is 4.79 Å². The first kappa shape index (κ1) is 27.2. The minimum atomic E-state index is -0.252. The molecular weight excluding hydrogens is 522 g/mol. The number of fused-ring (bicyclic) bond motifs is 1. The number of aryl methyl sites for hydroxylation is 1. The number of hydrogen-bond donors (Lipinski definition) is 0. The maximum Gasteiger partial charge on any atom is 0.282 e. The van der Waals surface area contributed by atoms with Gasteiger partial charge in [-0.25, -0.2) is 4.98 Å². The molecule has 0 aliphatic rings. The highest BCUT2D eigenvalue weighted by atomic mass is 35.5. The summed E-state index contributed by atoms with van der Waals surface area (Å²) >= 11 is 6.01. The van der Waals surface area contributed by atoms with Crippen LogP contribution in [0.1, 0.15) is 42.0 Å². The van der Waals surface area contributed by atoms with E-state index in [0.29, 0.717) is 34.1 Å². The summed E-state index contributed by atoms with van der Waals surface area (Å²) in [5.74, 6) is 2.12. The summed E-state index contributed by atoms with van der Waals surface area (Å²) in [4.78, 5) is 18.7. The fourth-order valence-electron chi connectivity index (χ4n) is 4.55. The first-order chi connectivity index (χ1) is 19.4. The summed E-state index contributed by atoms with van der Waals surface area (Å²) in [6.45, 7) is 6.57. The lowest BCUT2D eigenvalue weighted by molar-refractivity contribution is 0.306. The van der Waals surface area contributed by atoms with Gasteiger partial charge in [-0.1, -0.05) is 61.8 Å². The molecule has 202 valence electrons.